The van der Waals surface area contributed by atoms with Gasteiger partial charge in [0.15, 0.2) is 18.1 Å². The van der Waals surface area contributed by atoms with Crippen molar-refractivity contribution in [3.63, 3.8) is 0 Å². The number of hydrogen-bond acceptors (Lipinski definition) is 7. The van der Waals surface area contributed by atoms with Crippen LogP contribution in [0, 0.1) is 17.2 Å². The zero-order valence-corrected chi connectivity index (χ0v) is 15.8. The third kappa shape index (κ3) is 4.79. The van der Waals surface area contributed by atoms with Crippen molar-refractivity contribution in [2.75, 3.05) is 27.9 Å². The Morgan fingerprint density at radius 1 is 1.12 bits per heavy atom. The van der Waals surface area contributed by atoms with Gasteiger partial charge in [-0.1, -0.05) is 13.8 Å². The highest BCUT2D eigenvalue weighted by atomic mass is 16.5. The first kappa shape index (κ1) is 21.1. The minimum Gasteiger partial charge on any atom is -0.496 e. The smallest absolute Gasteiger partial charge is 0.342 e. The maximum Gasteiger partial charge on any atom is 0.342 e. The third-order valence-corrected chi connectivity index (χ3v) is 4.05. The molecule has 0 bridgehead atoms. The van der Waals surface area contributed by atoms with Gasteiger partial charge in [0.05, 0.1) is 27.4 Å². The van der Waals surface area contributed by atoms with Crippen LogP contribution in [0.2, 0.25) is 0 Å². The van der Waals surface area contributed by atoms with Gasteiger partial charge in [-0.2, -0.15) is 5.26 Å². The maximum absolute atomic E-state index is 12.3. The summed E-state index contributed by atoms with van der Waals surface area (Å²) in [4.78, 5) is 24.3. The van der Waals surface area contributed by atoms with Gasteiger partial charge < -0.3 is 24.3 Å². The summed E-state index contributed by atoms with van der Waals surface area (Å²) < 4.78 is 20.5. The molecule has 0 fully saturated rings. The van der Waals surface area contributed by atoms with Gasteiger partial charge in [0.1, 0.15) is 16.9 Å². The Kier molecular flexibility index (Phi) is 7.26. The number of amides is 1. The number of benzene rings is 1. The van der Waals surface area contributed by atoms with Crippen LogP contribution in [0.3, 0.4) is 0 Å². The minimum absolute atomic E-state index is 0.0878. The van der Waals surface area contributed by atoms with Crippen LogP contribution in [0.5, 0.6) is 17.2 Å². The zero-order chi connectivity index (χ0) is 19.9. The first-order valence-electron chi connectivity index (χ1n) is 7.91. The molecule has 0 aliphatic carbocycles. The molecular formula is C18H24N2O6. The highest BCUT2D eigenvalue weighted by molar-refractivity contribution is 5.95. The Bertz CT molecular complexity index is 710. The summed E-state index contributed by atoms with van der Waals surface area (Å²) in [5, 5.41) is 11.8. The van der Waals surface area contributed by atoms with E-state index in [4.69, 9.17) is 18.9 Å². The molecule has 8 heteroatoms. The standard InChI is InChI=1S/C18H24N2O6/c1-11(2)18(3,10-19)20-16(21)9-26-17(22)12-7-14(24-5)15(25-6)8-13(12)23-4/h7-8,11H,9H2,1-6H3,(H,20,21)/t18-/m0/s1. The van der Waals surface area contributed by atoms with E-state index in [1.54, 1.807) is 6.92 Å². The molecule has 0 aliphatic rings. The first-order chi connectivity index (χ1) is 12.2. The fourth-order valence-corrected chi connectivity index (χ4v) is 2.02. The van der Waals surface area contributed by atoms with Crippen LogP contribution < -0.4 is 19.5 Å². The van der Waals surface area contributed by atoms with E-state index in [0.29, 0.717) is 11.5 Å². The molecule has 1 atom stereocenters. The molecule has 0 unspecified atom stereocenters. The Balaban J connectivity index is 2.89. The highest BCUT2D eigenvalue weighted by Crippen LogP contribution is 2.34. The molecule has 0 spiro atoms. The molecule has 1 amide bonds. The van der Waals surface area contributed by atoms with Crippen molar-refractivity contribution in [2.45, 2.75) is 26.3 Å². The van der Waals surface area contributed by atoms with Gasteiger partial charge in [0.2, 0.25) is 0 Å². The molecule has 26 heavy (non-hydrogen) atoms. The lowest BCUT2D eigenvalue weighted by Gasteiger charge is -2.27. The second-order valence-electron chi connectivity index (χ2n) is 6.00. The van der Waals surface area contributed by atoms with Crippen LogP contribution in [0.4, 0.5) is 0 Å². The Hall–Kier alpha value is -2.95. The predicted octanol–water partition coefficient (Wildman–Crippen LogP) is 1.92. The van der Waals surface area contributed by atoms with Crippen LogP contribution in [-0.4, -0.2) is 45.4 Å². The van der Waals surface area contributed by atoms with Crippen molar-refractivity contribution in [2.24, 2.45) is 5.92 Å². The number of nitriles is 1. The van der Waals surface area contributed by atoms with Crippen molar-refractivity contribution < 1.29 is 28.5 Å². The average molecular weight is 364 g/mol. The van der Waals surface area contributed by atoms with Crippen molar-refractivity contribution in [3.05, 3.63) is 17.7 Å². The Morgan fingerprint density at radius 2 is 1.65 bits per heavy atom. The number of methoxy groups -OCH3 is 3. The normalized spacial score (nSPS) is 12.5. The van der Waals surface area contributed by atoms with Gasteiger partial charge in [-0.25, -0.2) is 4.79 Å². The van der Waals surface area contributed by atoms with Crippen LogP contribution in [-0.2, 0) is 9.53 Å². The summed E-state index contributed by atoms with van der Waals surface area (Å²) in [7, 11) is 4.29. The van der Waals surface area contributed by atoms with Gasteiger partial charge in [-0.05, 0) is 12.8 Å². The number of rotatable bonds is 8. The summed E-state index contributed by atoms with van der Waals surface area (Å²) >= 11 is 0. The molecule has 0 radical (unpaired) electrons. The lowest BCUT2D eigenvalue weighted by atomic mass is 9.90. The first-order valence-corrected chi connectivity index (χ1v) is 7.91. The molecule has 8 nitrogen and oxygen atoms in total. The van der Waals surface area contributed by atoms with Gasteiger partial charge >= 0.3 is 5.97 Å². The largest absolute Gasteiger partial charge is 0.496 e. The summed E-state index contributed by atoms with van der Waals surface area (Å²) in [6, 6.07) is 4.95. The van der Waals surface area contributed by atoms with E-state index in [2.05, 4.69) is 11.4 Å². The van der Waals surface area contributed by atoms with Gasteiger partial charge in [-0.15, -0.1) is 0 Å². The lowest BCUT2D eigenvalue weighted by Crippen LogP contribution is -2.50. The lowest BCUT2D eigenvalue weighted by molar-refractivity contribution is -0.125. The van der Waals surface area contributed by atoms with Crippen molar-refractivity contribution in [1.82, 2.24) is 5.32 Å². The van der Waals surface area contributed by atoms with Crippen molar-refractivity contribution >= 4 is 11.9 Å². The highest BCUT2D eigenvalue weighted by Gasteiger charge is 2.30. The second kappa shape index (κ2) is 8.94. The quantitative estimate of drug-likeness (QED) is 0.702. The SMILES string of the molecule is COc1cc(OC)c(C(=O)OCC(=O)N[C@@](C)(C#N)C(C)C)cc1OC. The number of carbonyl (C=O) groups is 2. The van der Waals surface area contributed by atoms with E-state index in [9.17, 15) is 14.9 Å². The minimum atomic E-state index is -1.05. The fraction of sp³-hybridized carbons (Fsp3) is 0.500. The monoisotopic (exact) mass is 364 g/mol. The number of hydrogen-bond donors (Lipinski definition) is 1. The summed E-state index contributed by atoms with van der Waals surface area (Å²) in [6.07, 6.45) is 0. The molecule has 0 saturated carbocycles. The molecular weight excluding hydrogens is 340 g/mol. The number of nitrogens with one attached hydrogen (secondary N) is 1. The number of carbonyl (C=O) groups excluding carboxylic acids is 2. The molecule has 1 aromatic rings. The van der Waals surface area contributed by atoms with E-state index < -0.39 is 24.0 Å². The molecule has 1 N–H and O–H groups in total. The summed E-state index contributed by atoms with van der Waals surface area (Å²) in [6.45, 7) is 4.70. The van der Waals surface area contributed by atoms with E-state index in [0.717, 1.165) is 0 Å². The van der Waals surface area contributed by atoms with Crippen LogP contribution in [0.15, 0.2) is 12.1 Å². The second-order valence-corrected chi connectivity index (χ2v) is 6.00. The molecule has 1 rings (SSSR count). The van der Waals surface area contributed by atoms with Gasteiger partial charge in [0, 0.05) is 12.1 Å². The topological polar surface area (TPSA) is 107 Å². The number of nitrogens with zero attached hydrogens (tertiary/aromatic N) is 1. The molecule has 0 aromatic heterocycles. The predicted molar refractivity (Wildman–Crippen MR) is 93.4 cm³/mol. The van der Waals surface area contributed by atoms with E-state index in [1.165, 1.54) is 33.5 Å². The molecule has 0 saturated heterocycles. The molecule has 142 valence electrons. The van der Waals surface area contributed by atoms with Crippen LogP contribution >= 0.6 is 0 Å². The average Bonchev–Trinajstić information content (AvgIpc) is 2.64. The molecule has 1 aromatic carbocycles. The van der Waals surface area contributed by atoms with Crippen LogP contribution in [0.1, 0.15) is 31.1 Å². The number of esters is 1. The van der Waals surface area contributed by atoms with Gasteiger partial charge in [-0.3, -0.25) is 4.79 Å². The zero-order valence-electron chi connectivity index (χ0n) is 15.8. The van der Waals surface area contributed by atoms with Crippen molar-refractivity contribution in [1.29, 1.82) is 5.26 Å². The fourth-order valence-electron chi connectivity index (χ4n) is 2.02. The van der Waals surface area contributed by atoms with Gasteiger partial charge in [0.25, 0.3) is 5.91 Å². The third-order valence-electron chi connectivity index (χ3n) is 4.05. The molecule has 0 heterocycles. The Morgan fingerprint density at radius 3 is 2.12 bits per heavy atom. The van der Waals surface area contributed by atoms with Crippen LogP contribution in [0.25, 0.3) is 0 Å². The Labute approximate surface area is 153 Å². The summed E-state index contributed by atoms with van der Waals surface area (Å²) in [5.41, 5.74) is -0.963. The number of ether oxygens (including phenoxy) is 4. The summed E-state index contributed by atoms with van der Waals surface area (Å²) in [5.74, 6) is -0.520. The maximum atomic E-state index is 12.3. The van der Waals surface area contributed by atoms with E-state index >= 15 is 0 Å². The van der Waals surface area contributed by atoms with E-state index in [-0.39, 0.29) is 17.2 Å². The molecule has 0 aliphatic heterocycles. The van der Waals surface area contributed by atoms with E-state index in [1.807, 2.05) is 13.8 Å². The van der Waals surface area contributed by atoms with Crippen molar-refractivity contribution in [3.8, 4) is 23.3 Å².